The molecule has 1 aromatic heterocycles. The summed E-state index contributed by atoms with van der Waals surface area (Å²) in [6, 6.07) is 1.96. The average Bonchev–Trinajstić information content (AvgIpc) is 2.70. The fourth-order valence-corrected chi connectivity index (χ4v) is 1.94. The number of pyridine rings is 1. The van der Waals surface area contributed by atoms with Crippen LogP contribution in [0.15, 0.2) is 12.3 Å². The monoisotopic (exact) mass is 219 g/mol. The van der Waals surface area contributed by atoms with Gasteiger partial charge in [-0.1, -0.05) is 6.92 Å². The van der Waals surface area contributed by atoms with Crippen LogP contribution in [-0.4, -0.2) is 28.9 Å². The van der Waals surface area contributed by atoms with Crippen molar-refractivity contribution < 1.29 is 4.79 Å². The van der Waals surface area contributed by atoms with Crippen molar-refractivity contribution in [3.05, 3.63) is 29.1 Å². The predicted molar refractivity (Wildman–Crippen MR) is 62.0 cm³/mol. The lowest BCUT2D eigenvalue weighted by Crippen LogP contribution is -2.23. The highest BCUT2D eigenvalue weighted by Gasteiger charge is 2.20. The molecule has 0 fully saturated rings. The quantitative estimate of drug-likeness (QED) is 0.830. The predicted octanol–water partition coefficient (Wildman–Crippen LogP) is 1.17. The van der Waals surface area contributed by atoms with E-state index in [9.17, 15) is 4.79 Å². The Kier molecular flexibility index (Phi) is 3.19. The number of carbonyl (C=O) groups is 1. The molecular formula is C12H17N3O. The number of nitrogens with one attached hydrogen (secondary N) is 1. The van der Waals surface area contributed by atoms with Gasteiger partial charge in [0.15, 0.2) is 0 Å². The summed E-state index contributed by atoms with van der Waals surface area (Å²) in [6.07, 6.45) is 1.67. The molecule has 16 heavy (non-hydrogen) atoms. The van der Waals surface area contributed by atoms with Crippen molar-refractivity contribution in [2.24, 2.45) is 0 Å². The first-order chi connectivity index (χ1) is 7.74. The number of aromatic nitrogens is 1. The van der Waals surface area contributed by atoms with Gasteiger partial charge in [-0.3, -0.25) is 14.7 Å². The van der Waals surface area contributed by atoms with Crippen LogP contribution in [0.5, 0.6) is 0 Å². The topological polar surface area (TPSA) is 45.2 Å². The molecule has 1 aliphatic heterocycles. The van der Waals surface area contributed by atoms with Gasteiger partial charge >= 0.3 is 0 Å². The summed E-state index contributed by atoms with van der Waals surface area (Å²) < 4.78 is 0. The average molecular weight is 219 g/mol. The molecule has 0 spiro atoms. The highest BCUT2D eigenvalue weighted by molar-refractivity contribution is 5.94. The van der Waals surface area contributed by atoms with Crippen molar-refractivity contribution in [1.82, 2.24) is 15.2 Å². The van der Waals surface area contributed by atoms with Crippen molar-refractivity contribution in [2.75, 3.05) is 13.1 Å². The first-order valence-electron chi connectivity index (χ1n) is 5.73. The molecule has 2 rings (SSSR count). The number of fused-ring (bicyclic) bond motifs is 1. The molecule has 0 aliphatic carbocycles. The third kappa shape index (κ3) is 2.07. The molecule has 1 aliphatic rings. The normalized spacial score (nSPS) is 14.9. The summed E-state index contributed by atoms with van der Waals surface area (Å²) >= 11 is 0. The van der Waals surface area contributed by atoms with Crippen LogP contribution in [0.1, 0.15) is 35.5 Å². The van der Waals surface area contributed by atoms with E-state index in [0.29, 0.717) is 12.1 Å². The number of rotatable bonds is 3. The van der Waals surface area contributed by atoms with Gasteiger partial charge in [-0.2, -0.15) is 0 Å². The van der Waals surface area contributed by atoms with E-state index in [1.807, 2.05) is 13.0 Å². The van der Waals surface area contributed by atoms with Crippen molar-refractivity contribution in [1.29, 1.82) is 0 Å². The minimum atomic E-state index is -0.0345. The lowest BCUT2D eigenvalue weighted by molar-refractivity contribution is 0.0955. The zero-order valence-corrected chi connectivity index (χ0v) is 9.79. The van der Waals surface area contributed by atoms with E-state index in [1.54, 1.807) is 6.20 Å². The lowest BCUT2D eigenvalue weighted by Gasteiger charge is -2.08. The van der Waals surface area contributed by atoms with Crippen LogP contribution in [-0.2, 0) is 13.1 Å². The summed E-state index contributed by atoms with van der Waals surface area (Å²) in [5.41, 5.74) is 2.96. The molecule has 2 heterocycles. The van der Waals surface area contributed by atoms with Crippen LogP contribution in [0.25, 0.3) is 0 Å². The summed E-state index contributed by atoms with van der Waals surface area (Å²) in [5.74, 6) is -0.0345. The van der Waals surface area contributed by atoms with Gasteiger partial charge in [-0.25, -0.2) is 0 Å². The van der Waals surface area contributed by atoms with Crippen molar-refractivity contribution in [3.8, 4) is 0 Å². The fourth-order valence-electron chi connectivity index (χ4n) is 1.94. The molecule has 1 N–H and O–H groups in total. The number of carbonyl (C=O) groups excluding carboxylic acids is 1. The van der Waals surface area contributed by atoms with Gasteiger partial charge in [0, 0.05) is 25.8 Å². The Bertz CT molecular complexity index is 403. The van der Waals surface area contributed by atoms with E-state index < -0.39 is 0 Å². The minimum absolute atomic E-state index is 0.0345. The first-order valence-corrected chi connectivity index (χ1v) is 5.73. The fraction of sp³-hybridized carbons (Fsp3) is 0.500. The van der Waals surface area contributed by atoms with Gasteiger partial charge in [-0.15, -0.1) is 0 Å². The highest BCUT2D eigenvalue weighted by atomic mass is 16.1. The molecule has 0 radical (unpaired) electrons. The van der Waals surface area contributed by atoms with Crippen LogP contribution in [0.4, 0.5) is 0 Å². The summed E-state index contributed by atoms with van der Waals surface area (Å²) in [5, 5.41) is 2.79. The highest BCUT2D eigenvalue weighted by Crippen LogP contribution is 2.21. The van der Waals surface area contributed by atoms with E-state index in [1.165, 1.54) is 5.56 Å². The van der Waals surface area contributed by atoms with Crippen LogP contribution >= 0.6 is 0 Å². The molecule has 4 nitrogen and oxygen atoms in total. The number of hydrogen-bond donors (Lipinski definition) is 1. The van der Waals surface area contributed by atoms with Crippen LogP contribution < -0.4 is 5.32 Å². The van der Waals surface area contributed by atoms with E-state index in [-0.39, 0.29) is 5.91 Å². The standard InChI is InChI=1S/C12H17N3O/c1-3-13-12(16)9-5-10-7-15(4-2)8-11(10)14-6-9/h5-6H,3-4,7-8H2,1-2H3,(H,13,16). The second kappa shape index (κ2) is 4.61. The van der Waals surface area contributed by atoms with Gasteiger partial charge < -0.3 is 5.32 Å². The van der Waals surface area contributed by atoms with Crippen LogP contribution in [0, 0.1) is 0 Å². The van der Waals surface area contributed by atoms with Gasteiger partial charge in [0.25, 0.3) is 5.91 Å². The zero-order valence-electron chi connectivity index (χ0n) is 9.79. The van der Waals surface area contributed by atoms with Crippen LogP contribution in [0.3, 0.4) is 0 Å². The molecular weight excluding hydrogens is 202 g/mol. The molecule has 1 aromatic rings. The van der Waals surface area contributed by atoms with Crippen LogP contribution in [0.2, 0.25) is 0 Å². The Balaban J connectivity index is 2.19. The molecule has 0 unspecified atom stereocenters. The smallest absolute Gasteiger partial charge is 0.252 e. The minimum Gasteiger partial charge on any atom is -0.352 e. The Labute approximate surface area is 95.7 Å². The van der Waals surface area contributed by atoms with Gasteiger partial charge in [0.1, 0.15) is 0 Å². The summed E-state index contributed by atoms with van der Waals surface area (Å²) in [7, 11) is 0. The van der Waals surface area contributed by atoms with Gasteiger partial charge in [0.05, 0.1) is 11.3 Å². The maximum atomic E-state index is 11.6. The van der Waals surface area contributed by atoms with E-state index in [0.717, 1.165) is 25.3 Å². The second-order valence-electron chi connectivity index (χ2n) is 3.99. The Hall–Kier alpha value is -1.42. The number of amides is 1. The Morgan fingerprint density at radius 2 is 2.31 bits per heavy atom. The molecule has 0 atom stereocenters. The third-order valence-corrected chi connectivity index (χ3v) is 2.87. The second-order valence-corrected chi connectivity index (χ2v) is 3.99. The maximum Gasteiger partial charge on any atom is 0.252 e. The van der Waals surface area contributed by atoms with Crippen molar-refractivity contribution >= 4 is 5.91 Å². The number of hydrogen-bond acceptors (Lipinski definition) is 3. The largest absolute Gasteiger partial charge is 0.352 e. The first kappa shape index (κ1) is 11.1. The Morgan fingerprint density at radius 3 is 3.00 bits per heavy atom. The molecule has 0 bridgehead atoms. The molecule has 0 saturated heterocycles. The Morgan fingerprint density at radius 1 is 1.50 bits per heavy atom. The summed E-state index contributed by atoms with van der Waals surface area (Å²) in [6.45, 7) is 7.53. The van der Waals surface area contributed by atoms with E-state index in [4.69, 9.17) is 0 Å². The van der Waals surface area contributed by atoms with Gasteiger partial charge in [0.2, 0.25) is 0 Å². The zero-order chi connectivity index (χ0) is 11.5. The van der Waals surface area contributed by atoms with Crippen molar-refractivity contribution in [3.63, 3.8) is 0 Å². The van der Waals surface area contributed by atoms with E-state index in [2.05, 4.69) is 22.1 Å². The van der Waals surface area contributed by atoms with Gasteiger partial charge in [-0.05, 0) is 25.1 Å². The third-order valence-electron chi connectivity index (χ3n) is 2.87. The van der Waals surface area contributed by atoms with E-state index >= 15 is 0 Å². The molecule has 0 aromatic carbocycles. The molecule has 86 valence electrons. The molecule has 0 saturated carbocycles. The molecule has 4 heteroatoms. The van der Waals surface area contributed by atoms with Crippen molar-refractivity contribution in [2.45, 2.75) is 26.9 Å². The molecule has 1 amide bonds. The lowest BCUT2D eigenvalue weighted by atomic mass is 10.1. The summed E-state index contributed by atoms with van der Waals surface area (Å²) in [4.78, 5) is 18.3. The SMILES string of the molecule is CCNC(=O)c1cnc2c(c1)CN(CC)C2. The number of nitrogens with zero attached hydrogens (tertiary/aromatic N) is 2. The maximum absolute atomic E-state index is 11.6.